The minimum absolute atomic E-state index is 0.0108. The van der Waals surface area contributed by atoms with Crippen molar-refractivity contribution in [1.29, 1.82) is 0 Å². The highest BCUT2D eigenvalue weighted by atomic mass is 16.6. The third kappa shape index (κ3) is 3.33. The molecule has 0 saturated heterocycles. The number of hydrogen-bond donors (Lipinski definition) is 0. The van der Waals surface area contributed by atoms with Crippen molar-refractivity contribution in [3.05, 3.63) is 90.0 Å². The summed E-state index contributed by atoms with van der Waals surface area (Å²) in [5.74, 6) is 0. The van der Waals surface area contributed by atoms with Gasteiger partial charge in [0, 0.05) is 26.2 Å². The SMILES string of the molecule is CN(C)c1ccc(C2=NOC(c3ccc(-c4ccccc4)cc3)C2)cc1. The van der Waals surface area contributed by atoms with Crippen molar-refractivity contribution in [2.24, 2.45) is 5.16 Å². The summed E-state index contributed by atoms with van der Waals surface area (Å²) in [6.07, 6.45) is 0.787. The maximum absolute atomic E-state index is 5.71. The van der Waals surface area contributed by atoms with E-state index in [4.69, 9.17) is 4.84 Å². The molecule has 26 heavy (non-hydrogen) atoms. The van der Waals surface area contributed by atoms with Crippen molar-refractivity contribution in [2.45, 2.75) is 12.5 Å². The van der Waals surface area contributed by atoms with Crippen molar-refractivity contribution < 1.29 is 4.84 Å². The zero-order valence-electron chi connectivity index (χ0n) is 15.1. The summed E-state index contributed by atoms with van der Waals surface area (Å²) in [5.41, 5.74) is 6.91. The summed E-state index contributed by atoms with van der Waals surface area (Å²) in [7, 11) is 4.08. The van der Waals surface area contributed by atoms with Gasteiger partial charge in [-0.1, -0.05) is 71.9 Å². The van der Waals surface area contributed by atoms with Gasteiger partial charge in [0.2, 0.25) is 0 Å². The first kappa shape index (κ1) is 16.4. The van der Waals surface area contributed by atoms with E-state index in [1.54, 1.807) is 0 Å². The molecular weight excluding hydrogens is 320 g/mol. The number of nitrogens with zero attached hydrogens (tertiary/aromatic N) is 2. The molecule has 0 aromatic heterocycles. The average Bonchev–Trinajstić information content (AvgIpc) is 3.19. The highest BCUT2D eigenvalue weighted by Gasteiger charge is 2.23. The van der Waals surface area contributed by atoms with Crippen LogP contribution in [0.4, 0.5) is 5.69 Å². The Kier molecular flexibility index (Phi) is 4.44. The zero-order chi connectivity index (χ0) is 17.9. The van der Waals surface area contributed by atoms with Crippen molar-refractivity contribution in [3.63, 3.8) is 0 Å². The fourth-order valence-electron chi connectivity index (χ4n) is 3.20. The van der Waals surface area contributed by atoms with Crippen LogP contribution in [0.25, 0.3) is 11.1 Å². The second kappa shape index (κ2) is 7.04. The van der Waals surface area contributed by atoms with Crippen LogP contribution < -0.4 is 4.90 Å². The third-order valence-electron chi connectivity index (χ3n) is 4.78. The van der Waals surface area contributed by atoms with Gasteiger partial charge in [0.25, 0.3) is 0 Å². The number of rotatable bonds is 4. The van der Waals surface area contributed by atoms with Crippen LogP contribution in [-0.2, 0) is 4.84 Å². The van der Waals surface area contributed by atoms with Gasteiger partial charge < -0.3 is 9.74 Å². The van der Waals surface area contributed by atoms with Gasteiger partial charge in [0.1, 0.15) is 0 Å². The van der Waals surface area contributed by atoms with Gasteiger partial charge in [-0.25, -0.2) is 0 Å². The summed E-state index contributed by atoms with van der Waals surface area (Å²) in [5, 5.41) is 4.32. The van der Waals surface area contributed by atoms with Crippen LogP contribution in [0.1, 0.15) is 23.7 Å². The van der Waals surface area contributed by atoms with Gasteiger partial charge in [-0.3, -0.25) is 0 Å². The van der Waals surface area contributed by atoms with Crippen LogP contribution >= 0.6 is 0 Å². The number of hydrogen-bond acceptors (Lipinski definition) is 3. The minimum Gasteiger partial charge on any atom is -0.387 e. The Balaban J connectivity index is 1.46. The molecule has 0 fully saturated rings. The van der Waals surface area contributed by atoms with Crippen molar-refractivity contribution in [1.82, 2.24) is 0 Å². The molecule has 0 radical (unpaired) electrons. The van der Waals surface area contributed by atoms with E-state index in [1.807, 2.05) is 20.2 Å². The van der Waals surface area contributed by atoms with Gasteiger partial charge in [-0.05, 0) is 34.4 Å². The first-order valence-electron chi connectivity index (χ1n) is 8.86. The molecule has 4 rings (SSSR count). The molecule has 3 heteroatoms. The fraction of sp³-hybridized carbons (Fsp3) is 0.174. The van der Waals surface area contributed by atoms with Crippen LogP contribution in [-0.4, -0.2) is 19.8 Å². The predicted octanol–water partition coefficient (Wildman–Crippen LogP) is 5.29. The Morgan fingerprint density at radius 2 is 1.38 bits per heavy atom. The van der Waals surface area contributed by atoms with Crippen molar-refractivity contribution in [2.75, 3.05) is 19.0 Å². The molecule has 0 saturated carbocycles. The van der Waals surface area contributed by atoms with Crippen LogP contribution in [0.2, 0.25) is 0 Å². The maximum Gasteiger partial charge on any atom is 0.158 e. The lowest BCUT2D eigenvalue weighted by atomic mass is 9.98. The van der Waals surface area contributed by atoms with Crippen LogP contribution in [0, 0.1) is 0 Å². The summed E-state index contributed by atoms with van der Waals surface area (Å²) >= 11 is 0. The molecule has 0 bridgehead atoms. The molecule has 1 aliphatic rings. The largest absolute Gasteiger partial charge is 0.387 e. The molecule has 1 aliphatic heterocycles. The van der Waals surface area contributed by atoms with E-state index in [9.17, 15) is 0 Å². The second-order valence-electron chi connectivity index (χ2n) is 6.77. The average molecular weight is 342 g/mol. The highest BCUT2D eigenvalue weighted by Crippen LogP contribution is 2.31. The van der Waals surface area contributed by atoms with Crippen LogP contribution in [0.5, 0.6) is 0 Å². The Hall–Kier alpha value is -3.07. The quantitative estimate of drug-likeness (QED) is 0.644. The maximum atomic E-state index is 5.71. The summed E-state index contributed by atoms with van der Waals surface area (Å²) in [4.78, 5) is 7.80. The van der Waals surface area contributed by atoms with Gasteiger partial charge in [0.05, 0.1) is 5.71 Å². The zero-order valence-corrected chi connectivity index (χ0v) is 15.1. The van der Waals surface area contributed by atoms with Crippen LogP contribution in [0.15, 0.2) is 84.0 Å². The second-order valence-corrected chi connectivity index (χ2v) is 6.77. The first-order valence-corrected chi connectivity index (χ1v) is 8.86. The molecule has 0 aliphatic carbocycles. The Morgan fingerprint density at radius 3 is 2.04 bits per heavy atom. The monoisotopic (exact) mass is 342 g/mol. The fourth-order valence-corrected chi connectivity index (χ4v) is 3.20. The van der Waals surface area contributed by atoms with Crippen molar-refractivity contribution in [3.8, 4) is 11.1 Å². The highest BCUT2D eigenvalue weighted by molar-refractivity contribution is 6.01. The molecule has 0 amide bonds. The molecule has 130 valence electrons. The normalized spacial score (nSPS) is 16.1. The summed E-state index contributed by atoms with van der Waals surface area (Å²) in [6.45, 7) is 0. The molecule has 0 spiro atoms. The minimum atomic E-state index is -0.0108. The topological polar surface area (TPSA) is 24.8 Å². The molecule has 1 unspecified atom stereocenters. The summed E-state index contributed by atoms with van der Waals surface area (Å²) < 4.78 is 0. The molecule has 3 aromatic rings. The number of oxime groups is 1. The van der Waals surface area contributed by atoms with Gasteiger partial charge >= 0.3 is 0 Å². The number of anilines is 1. The Bertz CT molecular complexity index is 897. The van der Waals surface area contributed by atoms with Gasteiger partial charge in [0.15, 0.2) is 6.10 Å². The van der Waals surface area contributed by atoms with E-state index >= 15 is 0 Å². The molecule has 1 atom stereocenters. The Labute approximate surface area is 154 Å². The molecule has 3 nitrogen and oxygen atoms in total. The van der Waals surface area contributed by atoms with E-state index < -0.39 is 0 Å². The van der Waals surface area contributed by atoms with E-state index in [0.717, 1.165) is 23.3 Å². The lowest BCUT2D eigenvalue weighted by molar-refractivity contribution is 0.0857. The lowest BCUT2D eigenvalue weighted by Gasteiger charge is -2.12. The molecule has 3 aromatic carbocycles. The van der Waals surface area contributed by atoms with E-state index in [0.29, 0.717) is 0 Å². The predicted molar refractivity (Wildman–Crippen MR) is 108 cm³/mol. The molecule has 0 N–H and O–H groups in total. The first-order chi connectivity index (χ1) is 12.7. The lowest BCUT2D eigenvalue weighted by Crippen LogP contribution is -2.08. The smallest absolute Gasteiger partial charge is 0.158 e. The molecular formula is C23H22N2O. The Morgan fingerprint density at radius 1 is 0.769 bits per heavy atom. The van der Waals surface area contributed by atoms with E-state index in [-0.39, 0.29) is 6.10 Å². The molecule has 1 heterocycles. The standard InChI is InChI=1S/C23H22N2O/c1-25(2)21-14-12-19(13-15-21)22-16-23(26-24-22)20-10-8-18(9-11-20)17-6-4-3-5-7-17/h3-15,23H,16H2,1-2H3. The van der Waals surface area contributed by atoms with Gasteiger partial charge in [-0.2, -0.15) is 0 Å². The van der Waals surface area contributed by atoms with Crippen molar-refractivity contribution >= 4 is 11.4 Å². The third-order valence-corrected chi connectivity index (χ3v) is 4.78. The summed E-state index contributed by atoms with van der Waals surface area (Å²) in [6, 6.07) is 27.4. The van der Waals surface area contributed by atoms with Crippen LogP contribution in [0.3, 0.4) is 0 Å². The van der Waals surface area contributed by atoms with E-state index in [1.165, 1.54) is 16.8 Å². The van der Waals surface area contributed by atoms with E-state index in [2.05, 4.69) is 82.9 Å². The number of benzene rings is 3. The van der Waals surface area contributed by atoms with Gasteiger partial charge in [-0.15, -0.1) is 0 Å².